The van der Waals surface area contributed by atoms with Crippen molar-refractivity contribution in [2.75, 3.05) is 6.54 Å². The normalized spacial score (nSPS) is 36.1. The Morgan fingerprint density at radius 1 is 1.75 bits per heavy atom. The first kappa shape index (κ1) is 5.53. The van der Waals surface area contributed by atoms with Crippen LogP contribution in [0.3, 0.4) is 0 Å². The molecule has 4 heteroatoms. The highest BCUT2D eigenvalue weighted by Gasteiger charge is 2.34. The van der Waals surface area contributed by atoms with E-state index >= 15 is 0 Å². The second-order valence-corrected chi connectivity index (χ2v) is 1.79. The summed E-state index contributed by atoms with van der Waals surface area (Å²) in [7, 11) is 0. The number of hydrogen-bond donors (Lipinski definition) is 3. The number of aliphatic carboxylic acids is 1. The lowest BCUT2D eigenvalue weighted by Crippen LogP contribution is -2.61. The van der Waals surface area contributed by atoms with Gasteiger partial charge in [0.25, 0.3) is 0 Å². The summed E-state index contributed by atoms with van der Waals surface area (Å²) in [5, 5.41) is 19.4. The molecule has 0 aliphatic carbocycles. The average molecular weight is 117 g/mol. The van der Waals surface area contributed by atoms with Crippen LogP contribution < -0.4 is 5.32 Å². The third-order valence-electron chi connectivity index (χ3n) is 1.20. The summed E-state index contributed by atoms with van der Waals surface area (Å²) in [5.41, 5.74) is 0. The molecule has 0 radical (unpaired) electrons. The van der Waals surface area contributed by atoms with Gasteiger partial charge in [-0.05, 0) is 0 Å². The van der Waals surface area contributed by atoms with E-state index in [1.54, 1.807) is 0 Å². The van der Waals surface area contributed by atoms with Gasteiger partial charge in [-0.1, -0.05) is 0 Å². The van der Waals surface area contributed by atoms with Gasteiger partial charge >= 0.3 is 5.97 Å². The molecule has 0 aromatic heterocycles. The number of carbonyl (C=O) groups is 1. The highest BCUT2D eigenvalue weighted by atomic mass is 16.4. The Labute approximate surface area is 46.1 Å². The van der Waals surface area contributed by atoms with Crippen LogP contribution in [0.25, 0.3) is 0 Å². The molecule has 46 valence electrons. The first-order chi connectivity index (χ1) is 3.72. The number of aliphatic hydroxyl groups excluding tert-OH is 1. The lowest BCUT2D eigenvalue weighted by molar-refractivity contribution is -0.146. The summed E-state index contributed by atoms with van der Waals surface area (Å²) in [6, 6.07) is -0.727. The van der Waals surface area contributed by atoms with Crippen molar-refractivity contribution in [2.45, 2.75) is 12.1 Å². The molecule has 0 aromatic rings. The van der Waals surface area contributed by atoms with Gasteiger partial charge in [-0.3, -0.25) is 10.1 Å². The topological polar surface area (TPSA) is 69.6 Å². The van der Waals surface area contributed by atoms with Crippen LogP contribution >= 0.6 is 0 Å². The summed E-state index contributed by atoms with van der Waals surface area (Å²) in [6.45, 7) is 0.400. The van der Waals surface area contributed by atoms with Gasteiger partial charge in [0.2, 0.25) is 0 Å². The van der Waals surface area contributed by atoms with Gasteiger partial charge in [0.05, 0.1) is 6.10 Å². The van der Waals surface area contributed by atoms with Crippen LogP contribution in [0.15, 0.2) is 0 Å². The van der Waals surface area contributed by atoms with Crippen molar-refractivity contribution in [3.8, 4) is 0 Å². The highest BCUT2D eigenvalue weighted by molar-refractivity contribution is 5.75. The van der Waals surface area contributed by atoms with Crippen molar-refractivity contribution in [1.29, 1.82) is 0 Å². The van der Waals surface area contributed by atoms with Gasteiger partial charge in [0.15, 0.2) is 0 Å². The van der Waals surface area contributed by atoms with Crippen molar-refractivity contribution in [2.24, 2.45) is 0 Å². The van der Waals surface area contributed by atoms with Gasteiger partial charge in [0.1, 0.15) is 6.04 Å². The molecule has 8 heavy (non-hydrogen) atoms. The molecule has 0 bridgehead atoms. The molecule has 1 saturated heterocycles. The zero-order valence-corrected chi connectivity index (χ0v) is 4.16. The molecule has 1 heterocycles. The Bertz CT molecular complexity index is 114. The molecular formula is C4H7NO3. The van der Waals surface area contributed by atoms with Crippen LogP contribution in [-0.4, -0.2) is 34.9 Å². The van der Waals surface area contributed by atoms with E-state index < -0.39 is 18.1 Å². The molecule has 4 nitrogen and oxygen atoms in total. The second kappa shape index (κ2) is 1.72. The fourth-order valence-corrected chi connectivity index (χ4v) is 0.593. The van der Waals surface area contributed by atoms with Gasteiger partial charge in [-0.15, -0.1) is 0 Å². The fourth-order valence-electron chi connectivity index (χ4n) is 0.593. The number of nitrogens with one attached hydrogen (secondary N) is 1. The smallest absolute Gasteiger partial charge is 0.323 e. The minimum Gasteiger partial charge on any atom is -0.480 e. The standard InChI is InChI=1S/C4H7NO3/c6-2-1-5-3(2)4(7)8/h2-3,5-6H,1H2,(H,7,8)/t2-,3+/m0/s1. The molecule has 3 N–H and O–H groups in total. The third kappa shape index (κ3) is 0.677. The van der Waals surface area contributed by atoms with Gasteiger partial charge in [0, 0.05) is 6.54 Å². The van der Waals surface area contributed by atoms with Crippen molar-refractivity contribution < 1.29 is 15.0 Å². The van der Waals surface area contributed by atoms with Crippen molar-refractivity contribution >= 4 is 5.97 Å². The zero-order chi connectivity index (χ0) is 6.15. The summed E-state index contributed by atoms with van der Waals surface area (Å²) in [6.07, 6.45) is -0.688. The van der Waals surface area contributed by atoms with E-state index in [0.29, 0.717) is 6.54 Å². The van der Waals surface area contributed by atoms with Gasteiger partial charge < -0.3 is 10.2 Å². The first-order valence-corrected chi connectivity index (χ1v) is 2.36. The SMILES string of the molecule is O=C(O)[C@@H]1NC[C@@H]1O. The monoisotopic (exact) mass is 117 g/mol. The summed E-state index contributed by atoms with van der Waals surface area (Å²) in [4.78, 5) is 9.97. The maximum absolute atomic E-state index is 9.97. The Balaban J connectivity index is 2.37. The van der Waals surface area contributed by atoms with E-state index in [1.807, 2.05) is 0 Å². The van der Waals surface area contributed by atoms with Gasteiger partial charge in [-0.25, -0.2) is 0 Å². The molecule has 1 aliphatic rings. The number of carboxylic acids is 1. The third-order valence-corrected chi connectivity index (χ3v) is 1.20. The molecule has 1 fully saturated rings. The van der Waals surface area contributed by atoms with Crippen molar-refractivity contribution in [3.63, 3.8) is 0 Å². The largest absolute Gasteiger partial charge is 0.480 e. The van der Waals surface area contributed by atoms with E-state index in [1.165, 1.54) is 0 Å². The first-order valence-electron chi connectivity index (χ1n) is 2.36. The van der Waals surface area contributed by atoms with E-state index in [0.717, 1.165) is 0 Å². The number of hydrogen-bond acceptors (Lipinski definition) is 3. The maximum Gasteiger partial charge on any atom is 0.323 e. The van der Waals surface area contributed by atoms with Crippen LogP contribution in [0.1, 0.15) is 0 Å². The highest BCUT2D eigenvalue weighted by Crippen LogP contribution is 2.01. The number of β-amino-alcohol motifs (C(OH)–C–C–N with tert-alkyl or cyclic N) is 1. The quantitative estimate of drug-likeness (QED) is 0.387. The predicted octanol–water partition coefficient (Wildman–Crippen LogP) is -1.60. The Morgan fingerprint density at radius 3 is 2.38 bits per heavy atom. The lowest BCUT2D eigenvalue weighted by Gasteiger charge is -2.29. The molecule has 1 rings (SSSR count). The van der Waals surface area contributed by atoms with Gasteiger partial charge in [-0.2, -0.15) is 0 Å². The lowest BCUT2D eigenvalue weighted by atomic mass is 10.0. The molecule has 0 unspecified atom stereocenters. The summed E-state index contributed by atoms with van der Waals surface area (Å²) in [5.74, 6) is -0.983. The average Bonchev–Trinajstić information content (AvgIpc) is 1.61. The zero-order valence-electron chi connectivity index (χ0n) is 4.16. The Hall–Kier alpha value is -0.610. The van der Waals surface area contributed by atoms with Crippen molar-refractivity contribution in [1.82, 2.24) is 5.32 Å². The number of rotatable bonds is 1. The fraction of sp³-hybridized carbons (Fsp3) is 0.750. The Morgan fingerprint density at radius 2 is 2.38 bits per heavy atom. The summed E-state index contributed by atoms with van der Waals surface area (Å²) >= 11 is 0. The van der Waals surface area contributed by atoms with Crippen LogP contribution in [0.4, 0.5) is 0 Å². The number of carboxylic acid groups (broad SMARTS) is 1. The molecule has 2 atom stereocenters. The Kier molecular flexibility index (Phi) is 1.19. The van der Waals surface area contributed by atoms with Crippen LogP contribution in [-0.2, 0) is 4.79 Å². The van der Waals surface area contributed by atoms with Crippen LogP contribution in [0, 0.1) is 0 Å². The van der Waals surface area contributed by atoms with E-state index in [9.17, 15) is 4.79 Å². The summed E-state index contributed by atoms with van der Waals surface area (Å²) < 4.78 is 0. The minimum atomic E-state index is -0.983. The molecule has 0 aromatic carbocycles. The van der Waals surface area contributed by atoms with E-state index in [4.69, 9.17) is 10.2 Å². The van der Waals surface area contributed by atoms with Crippen LogP contribution in [0.5, 0.6) is 0 Å². The molecule has 0 spiro atoms. The maximum atomic E-state index is 9.97. The van der Waals surface area contributed by atoms with E-state index in [-0.39, 0.29) is 0 Å². The van der Waals surface area contributed by atoms with Crippen LogP contribution in [0.2, 0.25) is 0 Å². The second-order valence-electron chi connectivity index (χ2n) is 1.79. The predicted molar refractivity (Wildman–Crippen MR) is 25.4 cm³/mol. The molecule has 1 aliphatic heterocycles. The van der Waals surface area contributed by atoms with Crippen molar-refractivity contribution in [3.05, 3.63) is 0 Å². The molecule has 0 amide bonds. The van der Waals surface area contributed by atoms with E-state index in [2.05, 4.69) is 5.32 Å². The minimum absolute atomic E-state index is 0.400. The molecule has 0 saturated carbocycles. The number of aliphatic hydroxyl groups is 1. The molecular weight excluding hydrogens is 110 g/mol.